The Balaban J connectivity index is 1.46. The van der Waals surface area contributed by atoms with E-state index in [0.29, 0.717) is 31.6 Å². The summed E-state index contributed by atoms with van der Waals surface area (Å²) >= 11 is 14.3. The summed E-state index contributed by atoms with van der Waals surface area (Å²) < 4.78 is 0.583. The first-order chi connectivity index (χ1) is 13.5. The van der Waals surface area contributed by atoms with Gasteiger partial charge in [-0.25, -0.2) is 0 Å². The molecule has 28 heavy (non-hydrogen) atoms. The Morgan fingerprint density at radius 2 is 1.79 bits per heavy atom. The van der Waals surface area contributed by atoms with Gasteiger partial charge in [0.15, 0.2) is 4.34 Å². The molecule has 3 rings (SSSR count). The lowest BCUT2D eigenvalue weighted by Gasteiger charge is -2.05. The molecule has 6 nitrogen and oxygen atoms in total. The van der Waals surface area contributed by atoms with E-state index >= 15 is 0 Å². The quantitative estimate of drug-likeness (QED) is 0.407. The van der Waals surface area contributed by atoms with Crippen LogP contribution in [0.5, 0.6) is 0 Å². The highest BCUT2D eigenvalue weighted by atomic mass is 35.5. The summed E-state index contributed by atoms with van der Waals surface area (Å²) in [7, 11) is 0. The van der Waals surface area contributed by atoms with Crippen molar-refractivity contribution in [2.75, 3.05) is 11.1 Å². The van der Waals surface area contributed by atoms with Gasteiger partial charge in [-0.05, 0) is 35.9 Å². The maximum absolute atomic E-state index is 12.2. The number of halogens is 2. The van der Waals surface area contributed by atoms with Crippen LogP contribution in [-0.2, 0) is 11.3 Å². The molecule has 2 amide bonds. The standard InChI is InChI=1S/C18H14Cl2N4O2S2/c19-13-7-5-11(6-8-13)16(26)22-17-23-24-18(28-17)27-10-15(25)21-9-12-3-1-2-4-14(12)20/h1-8H,9-10H2,(H,21,25)(H,22,23,26). The minimum atomic E-state index is -0.304. The summed E-state index contributed by atoms with van der Waals surface area (Å²) in [5.74, 6) is -0.266. The Labute approximate surface area is 179 Å². The molecule has 1 aromatic heterocycles. The second-order valence-electron chi connectivity index (χ2n) is 5.49. The largest absolute Gasteiger partial charge is 0.351 e. The van der Waals surface area contributed by atoms with Crippen molar-refractivity contribution < 1.29 is 9.59 Å². The van der Waals surface area contributed by atoms with Crippen LogP contribution in [0.15, 0.2) is 52.9 Å². The van der Waals surface area contributed by atoms with Gasteiger partial charge in [0.05, 0.1) is 5.75 Å². The topological polar surface area (TPSA) is 84.0 Å². The second kappa shape index (κ2) is 9.88. The van der Waals surface area contributed by atoms with Gasteiger partial charge in [-0.2, -0.15) is 0 Å². The van der Waals surface area contributed by atoms with Gasteiger partial charge >= 0.3 is 0 Å². The number of carbonyl (C=O) groups is 2. The van der Waals surface area contributed by atoms with Gasteiger partial charge in [0, 0.05) is 22.2 Å². The number of anilines is 1. The summed E-state index contributed by atoms with van der Waals surface area (Å²) in [4.78, 5) is 24.2. The fraction of sp³-hybridized carbons (Fsp3) is 0.111. The molecule has 0 saturated heterocycles. The van der Waals surface area contributed by atoms with Gasteiger partial charge in [0.2, 0.25) is 11.0 Å². The lowest BCUT2D eigenvalue weighted by atomic mass is 10.2. The number of hydrogen-bond donors (Lipinski definition) is 2. The van der Waals surface area contributed by atoms with Gasteiger partial charge < -0.3 is 5.32 Å². The molecule has 0 radical (unpaired) electrons. The van der Waals surface area contributed by atoms with Crippen molar-refractivity contribution in [3.05, 3.63) is 69.7 Å². The van der Waals surface area contributed by atoms with Gasteiger partial charge in [0.1, 0.15) is 0 Å². The monoisotopic (exact) mass is 452 g/mol. The number of carbonyl (C=O) groups excluding carboxylic acids is 2. The van der Waals surface area contributed by atoms with Crippen LogP contribution in [0.2, 0.25) is 10.0 Å². The minimum Gasteiger partial charge on any atom is -0.351 e. The van der Waals surface area contributed by atoms with Crippen LogP contribution in [0.1, 0.15) is 15.9 Å². The van der Waals surface area contributed by atoms with Crippen LogP contribution in [-0.4, -0.2) is 27.8 Å². The lowest BCUT2D eigenvalue weighted by Crippen LogP contribution is -2.24. The zero-order valence-corrected chi connectivity index (χ0v) is 17.5. The fourth-order valence-corrected chi connectivity index (χ4v) is 4.01. The number of thioether (sulfide) groups is 1. The number of benzene rings is 2. The minimum absolute atomic E-state index is 0.146. The maximum Gasteiger partial charge on any atom is 0.257 e. The van der Waals surface area contributed by atoms with Crippen molar-refractivity contribution >= 4 is 63.2 Å². The Morgan fingerprint density at radius 1 is 1.04 bits per heavy atom. The normalized spacial score (nSPS) is 10.5. The average Bonchev–Trinajstić information content (AvgIpc) is 3.13. The van der Waals surface area contributed by atoms with Crippen molar-refractivity contribution in [2.24, 2.45) is 0 Å². The van der Waals surface area contributed by atoms with Gasteiger partial charge in [-0.1, -0.05) is 64.5 Å². The zero-order chi connectivity index (χ0) is 19.9. The van der Waals surface area contributed by atoms with E-state index in [1.54, 1.807) is 30.3 Å². The Bertz CT molecular complexity index is 980. The van der Waals surface area contributed by atoms with Crippen molar-refractivity contribution in [3.8, 4) is 0 Å². The molecule has 0 bridgehead atoms. The van der Waals surface area contributed by atoms with Crippen LogP contribution in [0, 0.1) is 0 Å². The van der Waals surface area contributed by atoms with Gasteiger partial charge in [0.25, 0.3) is 5.91 Å². The third-order valence-corrected chi connectivity index (χ3v) is 6.09. The molecule has 1 heterocycles. The first-order valence-electron chi connectivity index (χ1n) is 8.04. The molecule has 0 fully saturated rings. The zero-order valence-electron chi connectivity index (χ0n) is 14.3. The number of rotatable bonds is 7. The van der Waals surface area contributed by atoms with Gasteiger partial charge in [-0.3, -0.25) is 14.9 Å². The third-order valence-electron chi connectivity index (χ3n) is 3.49. The molecular weight excluding hydrogens is 439 g/mol. The predicted octanol–water partition coefficient (Wildman–Crippen LogP) is 4.51. The van der Waals surface area contributed by atoms with E-state index in [9.17, 15) is 9.59 Å². The number of hydrogen-bond acceptors (Lipinski definition) is 6. The molecule has 0 aliphatic rings. The molecule has 0 spiro atoms. The highest BCUT2D eigenvalue weighted by Gasteiger charge is 2.12. The predicted molar refractivity (Wildman–Crippen MR) is 113 cm³/mol. The van der Waals surface area contributed by atoms with Crippen LogP contribution < -0.4 is 10.6 Å². The number of aromatic nitrogens is 2. The molecular formula is C18H14Cl2N4O2S2. The van der Waals surface area contributed by atoms with Crippen molar-refractivity contribution in [2.45, 2.75) is 10.9 Å². The fourth-order valence-electron chi connectivity index (χ4n) is 2.10. The molecule has 2 N–H and O–H groups in total. The summed E-state index contributed by atoms with van der Waals surface area (Å²) in [6.07, 6.45) is 0. The Morgan fingerprint density at radius 3 is 2.54 bits per heavy atom. The lowest BCUT2D eigenvalue weighted by molar-refractivity contribution is -0.118. The van der Waals surface area contributed by atoms with Gasteiger partial charge in [-0.15, -0.1) is 10.2 Å². The molecule has 144 valence electrons. The van der Waals surface area contributed by atoms with Crippen LogP contribution in [0.25, 0.3) is 0 Å². The Hall–Kier alpha value is -2.13. The SMILES string of the molecule is O=C(CSc1nnc(NC(=O)c2ccc(Cl)cc2)s1)NCc1ccccc1Cl. The van der Waals surface area contributed by atoms with Crippen molar-refractivity contribution in [3.63, 3.8) is 0 Å². The number of nitrogens with zero attached hydrogens (tertiary/aromatic N) is 2. The molecule has 10 heteroatoms. The number of amides is 2. The van der Waals surface area contributed by atoms with Crippen molar-refractivity contribution in [1.29, 1.82) is 0 Å². The molecule has 0 saturated carbocycles. The second-order valence-corrected chi connectivity index (χ2v) is 8.53. The van der Waals surface area contributed by atoms with E-state index in [4.69, 9.17) is 23.2 Å². The van der Waals surface area contributed by atoms with E-state index < -0.39 is 0 Å². The molecule has 2 aromatic carbocycles. The summed E-state index contributed by atoms with van der Waals surface area (Å²) in [5.41, 5.74) is 1.32. The van der Waals surface area contributed by atoms with E-state index in [1.165, 1.54) is 23.1 Å². The van der Waals surface area contributed by atoms with E-state index in [0.717, 1.165) is 5.56 Å². The smallest absolute Gasteiger partial charge is 0.257 e. The molecule has 0 aliphatic carbocycles. The number of nitrogens with one attached hydrogen (secondary N) is 2. The van der Waals surface area contributed by atoms with E-state index in [-0.39, 0.29) is 17.6 Å². The first-order valence-corrected chi connectivity index (χ1v) is 10.6. The van der Waals surface area contributed by atoms with E-state index in [1.807, 2.05) is 18.2 Å². The molecule has 3 aromatic rings. The molecule has 0 aliphatic heterocycles. The maximum atomic E-state index is 12.2. The summed E-state index contributed by atoms with van der Waals surface area (Å²) in [5, 5.41) is 14.9. The summed E-state index contributed by atoms with van der Waals surface area (Å²) in [6.45, 7) is 0.359. The van der Waals surface area contributed by atoms with Crippen LogP contribution >= 0.6 is 46.3 Å². The van der Waals surface area contributed by atoms with Crippen LogP contribution in [0.4, 0.5) is 5.13 Å². The summed E-state index contributed by atoms with van der Waals surface area (Å²) in [6, 6.07) is 13.9. The third kappa shape index (κ3) is 5.93. The average molecular weight is 453 g/mol. The highest BCUT2D eigenvalue weighted by molar-refractivity contribution is 8.01. The highest BCUT2D eigenvalue weighted by Crippen LogP contribution is 2.25. The van der Waals surface area contributed by atoms with Crippen molar-refractivity contribution in [1.82, 2.24) is 15.5 Å². The first kappa shape index (κ1) is 20.6. The molecule has 0 unspecified atom stereocenters. The van der Waals surface area contributed by atoms with Crippen LogP contribution in [0.3, 0.4) is 0 Å². The van der Waals surface area contributed by atoms with E-state index in [2.05, 4.69) is 20.8 Å². The Kier molecular flexibility index (Phi) is 7.27. The molecule has 0 atom stereocenters.